The van der Waals surface area contributed by atoms with Gasteiger partial charge in [-0.3, -0.25) is 0 Å². The number of amides is 1. The summed E-state index contributed by atoms with van der Waals surface area (Å²) < 4.78 is 4.95. The third kappa shape index (κ3) is 2.00. The van der Waals surface area contributed by atoms with Crippen LogP contribution in [0, 0.1) is 5.92 Å². The Morgan fingerprint density at radius 2 is 2.42 bits per heavy atom. The summed E-state index contributed by atoms with van der Waals surface area (Å²) in [6.45, 7) is 7.77. The van der Waals surface area contributed by atoms with Gasteiger partial charge in [0.1, 0.15) is 6.10 Å². The number of carbonyl (C=O) groups excluding carboxylic acids is 1. The summed E-state index contributed by atoms with van der Waals surface area (Å²) in [7, 11) is 0. The van der Waals surface area contributed by atoms with Gasteiger partial charge in [-0.2, -0.15) is 0 Å². The molecule has 1 fully saturated rings. The summed E-state index contributed by atoms with van der Waals surface area (Å²) in [5.41, 5.74) is 0. The van der Waals surface area contributed by atoms with Crippen molar-refractivity contribution in [3.63, 3.8) is 0 Å². The van der Waals surface area contributed by atoms with Gasteiger partial charge in [0.15, 0.2) is 0 Å². The first-order valence-corrected chi connectivity index (χ1v) is 4.23. The molecule has 1 heterocycles. The maximum Gasteiger partial charge on any atom is 0.407 e. The standard InChI is InChI=1S/C9H15NO2/c1-4-7-5-8(6(2)3)10-9(11)12-7/h4,6-8H,1,5H2,2-3H3,(H,10,11)/t7-,8+/m0/s1. The van der Waals surface area contributed by atoms with Gasteiger partial charge in [0, 0.05) is 12.5 Å². The second-order valence-corrected chi connectivity index (χ2v) is 3.41. The molecule has 0 aromatic carbocycles. The fraction of sp³-hybridized carbons (Fsp3) is 0.667. The molecule has 12 heavy (non-hydrogen) atoms. The molecule has 0 aliphatic carbocycles. The van der Waals surface area contributed by atoms with Gasteiger partial charge >= 0.3 is 6.09 Å². The van der Waals surface area contributed by atoms with E-state index in [-0.39, 0.29) is 18.2 Å². The van der Waals surface area contributed by atoms with Crippen molar-refractivity contribution >= 4 is 6.09 Å². The van der Waals surface area contributed by atoms with E-state index in [1.165, 1.54) is 0 Å². The summed E-state index contributed by atoms with van der Waals surface area (Å²) in [5, 5.41) is 2.77. The summed E-state index contributed by atoms with van der Waals surface area (Å²) in [4.78, 5) is 11.0. The van der Waals surface area contributed by atoms with Crippen LogP contribution in [0.1, 0.15) is 20.3 Å². The van der Waals surface area contributed by atoms with Crippen LogP contribution in [0.4, 0.5) is 4.79 Å². The monoisotopic (exact) mass is 169 g/mol. The largest absolute Gasteiger partial charge is 0.442 e. The van der Waals surface area contributed by atoms with Crippen LogP contribution in [0.3, 0.4) is 0 Å². The van der Waals surface area contributed by atoms with E-state index in [0.29, 0.717) is 5.92 Å². The van der Waals surface area contributed by atoms with Gasteiger partial charge < -0.3 is 10.1 Å². The Bertz CT molecular complexity index is 189. The highest BCUT2D eigenvalue weighted by Crippen LogP contribution is 2.16. The molecule has 2 atom stereocenters. The van der Waals surface area contributed by atoms with Gasteiger partial charge in [0.25, 0.3) is 0 Å². The lowest BCUT2D eigenvalue weighted by Crippen LogP contribution is -2.47. The lowest BCUT2D eigenvalue weighted by atomic mass is 9.97. The number of carbonyl (C=O) groups is 1. The van der Waals surface area contributed by atoms with E-state index >= 15 is 0 Å². The van der Waals surface area contributed by atoms with Crippen molar-refractivity contribution in [3.8, 4) is 0 Å². The Balaban J connectivity index is 2.56. The van der Waals surface area contributed by atoms with E-state index in [9.17, 15) is 4.79 Å². The molecule has 0 bridgehead atoms. The van der Waals surface area contributed by atoms with Crippen molar-refractivity contribution in [2.24, 2.45) is 5.92 Å². The van der Waals surface area contributed by atoms with Crippen molar-refractivity contribution in [2.45, 2.75) is 32.4 Å². The van der Waals surface area contributed by atoms with Crippen molar-refractivity contribution < 1.29 is 9.53 Å². The highest BCUT2D eigenvalue weighted by Gasteiger charge is 2.27. The first-order valence-electron chi connectivity index (χ1n) is 4.23. The van der Waals surface area contributed by atoms with E-state index < -0.39 is 0 Å². The SMILES string of the molecule is C=C[C@H]1C[C@H](C(C)C)NC(=O)O1. The lowest BCUT2D eigenvalue weighted by molar-refractivity contribution is 0.0744. The second-order valence-electron chi connectivity index (χ2n) is 3.41. The van der Waals surface area contributed by atoms with Crippen LogP contribution in [0.25, 0.3) is 0 Å². The molecule has 0 unspecified atom stereocenters. The second kappa shape index (κ2) is 3.61. The van der Waals surface area contributed by atoms with Gasteiger partial charge in [-0.1, -0.05) is 26.5 Å². The minimum absolute atomic E-state index is 0.119. The van der Waals surface area contributed by atoms with E-state index in [0.717, 1.165) is 6.42 Å². The number of rotatable bonds is 2. The van der Waals surface area contributed by atoms with Crippen LogP contribution in [0.2, 0.25) is 0 Å². The molecule has 68 valence electrons. The van der Waals surface area contributed by atoms with Gasteiger partial charge in [-0.15, -0.1) is 0 Å². The van der Waals surface area contributed by atoms with Crippen LogP contribution >= 0.6 is 0 Å². The van der Waals surface area contributed by atoms with Crippen molar-refractivity contribution in [1.82, 2.24) is 5.32 Å². The fourth-order valence-corrected chi connectivity index (χ4v) is 1.26. The third-order valence-corrected chi connectivity index (χ3v) is 2.12. The Hall–Kier alpha value is -0.990. The van der Waals surface area contributed by atoms with E-state index in [2.05, 4.69) is 25.7 Å². The van der Waals surface area contributed by atoms with Crippen molar-refractivity contribution in [1.29, 1.82) is 0 Å². The molecule has 3 heteroatoms. The maximum absolute atomic E-state index is 11.0. The van der Waals surface area contributed by atoms with Crippen LogP contribution in [0.5, 0.6) is 0 Å². The zero-order valence-corrected chi connectivity index (χ0v) is 7.54. The average Bonchev–Trinajstić information content (AvgIpc) is 2.03. The number of hydrogen-bond acceptors (Lipinski definition) is 2. The molecule has 1 aliphatic heterocycles. The molecule has 1 aliphatic rings. The third-order valence-electron chi connectivity index (χ3n) is 2.12. The molecular formula is C9H15NO2. The number of nitrogens with one attached hydrogen (secondary N) is 1. The minimum Gasteiger partial charge on any atom is -0.442 e. The van der Waals surface area contributed by atoms with Gasteiger partial charge in [0.2, 0.25) is 0 Å². The topological polar surface area (TPSA) is 38.3 Å². The smallest absolute Gasteiger partial charge is 0.407 e. The van der Waals surface area contributed by atoms with Crippen LogP contribution in [0.15, 0.2) is 12.7 Å². The molecule has 3 nitrogen and oxygen atoms in total. The van der Waals surface area contributed by atoms with E-state index in [4.69, 9.17) is 4.74 Å². The van der Waals surface area contributed by atoms with Crippen LogP contribution in [-0.2, 0) is 4.74 Å². The Kier molecular flexibility index (Phi) is 2.74. The first-order chi connectivity index (χ1) is 5.63. The Morgan fingerprint density at radius 3 is 2.92 bits per heavy atom. The molecule has 1 N–H and O–H groups in total. The summed E-state index contributed by atoms with van der Waals surface area (Å²) in [6, 6.07) is 0.217. The molecule has 1 rings (SSSR count). The number of cyclic esters (lactones) is 1. The molecule has 0 spiro atoms. The predicted molar refractivity (Wildman–Crippen MR) is 46.8 cm³/mol. The zero-order valence-electron chi connectivity index (χ0n) is 7.54. The number of ether oxygens (including phenoxy) is 1. The summed E-state index contributed by atoms with van der Waals surface area (Å²) >= 11 is 0. The van der Waals surface area contributed by atoms with Crippen LogP contribution in [-0.4, -0.2) is 18.2 Å². The van der Waals surface area contributed by atoms with Gasteiger partial charge in [0.05, 0.1) is 0 Å². The predicted octanol–water partition coefficient (Wildman–Crippen LogP) is 1.70. The molecule has 1 amide bonds. The minimum atomic E-state index is -0.329. The highest BCUT2D eigenvalue weighted by atomic mass is 16.6. The average molecular weight is 169 g/mol. The van der Waals surface area contributed by atoms with Crippen molar-refractivity contribution in [3.05, 3.63) is 12.7 Å². The maximum atomic E-state index is 11.0. The van der Waals surface area contributed by atoms with Crippen LogP contribution < -0.4 is 5.32 Å². The quantitative estimate of drug-likeness (QED) is 0.639. The highest BCUT2D eigenvalue weighted by molar-refractivity contribution is 5.68. The zero-order chi connectivity index (χ0) is 9.14. The van der Waals surface area contributed by atoms with Gasteiger partial charge in [-0.25, -0.2) is 4.79 Å². The van der Waals surface area contributed by atoms with E-state index in [1.54, 1.807) is 6.08 Å². The Morgan fingerprint density at radius 1 is 1.75 bits per heavy atom. The summed E-state index contributed by atoms with van der Waals surface area (Å²) in [6.07, 6.45) is 2.05. The normalized spacial score (nSPS) is 29.4. The Labute approximate surface area is 72.8 Å². The summed E-state index contributed by atoms with van der Waals surface area (Å²) in [5.74, 6) is 0.445. The first kappa shape index (κ1) is 9.10. The molecule has 0 radical (unpaired) electrons. The molecule has 0 aromatic rings. The number of alkyl carbamates (subject to hydrolysis) is 1. The number of hydrogen-bond donors (Lipinski definition) is 1. The van der Waals surface area contributed by atoms with E-state index in [1.807, 2.05) is 0 Å². The fourth-order valence-electron chi connectivity index (χ4n) is 1.26. The molecule has 1 saturated heterocycles. The lowest BCUT2D eigenvalue weighted by Gasteiger charge is -2.30. The van der Waals surface area contributed by atoms with Gasteiger partial charge in [-0.05, 0) is 5.92 Å². The molecule has 0 saturated carbocycles. The molecule has 0 aromatic heterocycles. The molecular weight excluding hydrogens is 154 g/mol. The van der Waals surface area contributed by atoms with Crippen molar-refractivity contribution in [2.75, 3.05) is 0 Å².